The standard InChI is InChI=1S/C7H11F2N/c1-3-6(2)10-4-7(8,9)5-10/h2-5H2,1H3. The van der Waals surface area contributed by atoms with Gasteiger partial charge in [0, 0.05) is 5.70 Å². The molecule has 1 aliphatic heterocycles. The zero-order chi connectivity index (χ0) is 7.78. The number of halogens is 2. The molecule has 1 nitrogen and oxygen atoms in total. The molecular formula is C7H11F2N. The SMILES string of the molecule is C=C(CC)N1CC(F)(F)C1. The maximum absolute atomic E-state index is 12.2. The van der Waals surface area contributed by atoms with Crippen LogP contribution in [0, 0.1) is 0 Å². The Labute approximate surface area is 59.3 Å². The maximum atomic E-state index is 12.2. The summed E-state index contributed by atoms with van der Waals surface area (Å²) >= 11 is 0. The summed E-state index contributed by atoms with van der Waals surface area (Å²) in [7, 11) is 0. The Morgan fingerprint density at radius 2 is 2.10 bits per heavy atom. The molecule has 0 radical (unpaired) electrons. The third-order valence-electron chi connectivity index (χ3n) is 1.70. The van der Waals surface area contributed by atoms with Crippen LogP contribution >= 0.6 is 0 Å². The zero-order valence-electron chi connectivity index (χ0n) is 6.03. The smallest absolute Gasteiger partial charge is 0.282 e. The molecule has 0 bridgehead atoms. The lowest BCUT2D eigenvalue weighted by molar-refractivity contribution is -0.116. The highest BCUT2D eigenvalue weighted by atomic mass is 19.3. The van der Waals surface area contributed by atoms with Gasteiger partial charge in [-0.3, -0.25) is 0 Å². The van der Waals surface area contributed by atoms with Crippen LogP contribution in [0.25, 0.3) is 0 Å². The summed E-state index contributed by atoms with van der Waals surface area (Å²) in [6.45, 7) is 5.29. The van der Waals surface area contributed by atoms with Crippen molar-refractivity contribution in [1.82, 2.24) is 4.90 Å². The summed E-state index contributed by atoms with van der Waals surface area (Å²) in [6, 6.07) is 0. The summed E-state index contributed by atoms with van der Waals surface area (Å²) in [5.74, 6) is -2.46. The topological polar surface area (TPSA) is 3.24 Å². The van der Waals surface area contributed by atoms with E-state index >= 15 is 0 Å². The van der Waals surface area contributed by atoms with Crippen LogP contribution in [-0.4, -0.2) is 23.9 Å². The first-order chi connectivity index (χ1) is 4.55. The summed E-state index contributed by atoms with van der Waals surface area (Å²) in [4.78, 5) is 1.61. The Kier molecular flexibility index (Phi) is 1.67. The van der Waals surface area contributed by atoms with Gasteiger partial charge in [0.15, 0.2) is 0 Å². The first kappa shape index (κ1) is 7.51. The van der Waals surface area contributed by atoms with E-state index in [1.165, 1.54) is 0 Å². The Balaban J connectivity index is 2.33. The molecule has 1 aliphatic rings. The molecular weight excluding hydrogens is 136 g/mol. The van der Waals surface area contributed by atoms with Gasteiger partial charge in [-0.25, -0.2) is 8.78 Å². The van der Waals surface area contributed by atoms with E-state index in [2.05, 4.69) is 6.58 Å². The van der Waals surface area contributed by atoms with E-state index in [0.717, 1.165) is 12.1 Å². The molecule has 0 spiro atoms. The second kappa shape index (κ2) is 2.22. The number of hydrogen-bond acceptors (Lipinski definition) is 1. The maximum Gasteiger partial charge on any atom is 0.282 e. The molecule has 0 saturated carbocycles. The van der Waals surface area contributed by atoms with Crippen molar-refractivity contribution in [3.05, 3.63) is 12.3 Å². The van der Waals surface area contributed by atoms with Crippen LogP contribution in [0.15, 0.2) is 12.3 Å². The molecule has 0 aliphatic carbocycles. The van der Waals surface area contributed by atoms with E-state index in [9.17, 15) is 8.78 Å². The average Bonchev–Trinajstić information content (AvgIpc) is 1.81. The molecule has 0 aromatic carbocycles. The highest BCUT2D eigenvalue weighted by molar-refractivity contribution is 5.02. The fourth-order valence-electron chi connectivity index (χ4n) is 0.959. The number of likely N-dealkylation sites (tertiary alicyclic amines) is 1. The Morgan fingerprint density at radius 3 is 2.40 bits per heavy atom. The zero-order valence-corrected chi connectivity index (χ0v) is 6.03. The molecule has 0 aromatic heterocycles. The highest BCUT2D eigenvalue weighted by Crippen LogP contribution is 2.29. The average molecular weight is 147 g/mol. The van der Waals surface area contributed by atoms with Crippen LogP contribution in [0.2, 0.25) is 0 Å². The minimum absolute atomic E-state index is 0.139. The number of nitrogens with zero attached hydrogens (tertiary/aromatic N) is 1. The molecule has 3 heteroatoms. The van der Waals surface area contributed by atoms with Crippen molar-refractivity contribution < 1.29 is 8.78 Å². The van der Waals surface area contributed by atoms with Gasteiger partial charge < -0.3 is 4.90 Å². The van der Waals surface area contributed by atoms with Crippen LogP contribution in [0.1, 0.15) is 13.3 Å². The summed E-state index contributed by atoms with van der Waals surface area (Å²) in [6.07, 6.45) is 0.760. The van der Waals surface area contributed by atoms with E-state index < -0.39 is 5.92 Å². The van der Waals surface area contributed by atoms with Crippen molar-refractivity contribution in [2.75, 3.05) is 13.1 Å². The van der Waals surface area contributed by atoms with Crippen molar-refractivity contribution in [2.45, 2.75) is 19.3 Å². The van der Waals surface area contributed by atoms with Crippen LogP contribution in [0.4, 0.5) is 8.78 Å². The lowest BCUT2D eigenvalue weighted by Crippen LogP contribution is -2.55. The molecule has 1 fully saturated rings. The van der Waals surface area contributed by atoms with Crippen molar-refractivity contribution in [3.63, 3.8) is 0 Å². The van der Waals surface area contributed by atoms with Crippen molar-refractivity contribution >= 4 is 0 Å². The minimum Gasteiger partial charge on any atom is -0.363 e. The van der Waals surface area contributed by atoms with E-state index in [4.69, 9.17) is 0 Å². The highest BCUT2D eigenvalue weighted by Gasteiger charge is 2.43. The first-order valence-corrected chi connectivity index (χ1v) is 3.36. The molecule has 1 heterocycles. The van der Waals surface area contributed by atoms with Gasteiger partial charge in [0.25, 0.3) is 5.92 Å². The third-order valence-corrected chi connectivity index (χ3v) is 1.70. The van der Waals surface area contributed by atoms with Crippen molar-refractivity contribution in [3.8, 4) is 0 Å². The quantitative estimate of drug-likeness (QED) is 0.576. The monoisotopic (exact) mass is 147 g/mol. The fraction of sp³-hybridized carbons (Fsp3) is 0.714. The summed E-state index contributed by atoms with van der Waals surface area (Å²) in [5, 5.41) is 0. The lowest BCUT2D eigenvalue weighted by atomic mass is 10.1. The number of rotatable bonds is 2. The Morgan fingerprint density at radius 1 is 1.60 bits per heavy atom. The Hall–Kier alpha value is -0.600. The van der Waals surface area contributed by atoms with Gasteiger partial charge in [-0.15, -0.1) is 0 Å². The van der Waals surface area contributed by atoms with E-state index in [0.29, 0.717) is 0 Å². The molecule has 1 saturated heterocycles. The van der Waals surface area contributed by atoms with E-state index in [-0.39, 0.29) is 13.1 Å². The molecule has 58 valence electrons. The molecule has 0 unspecified atom stereocenters. The Bertz CT molecular complexity index is 146. The van der Waals surface area contributed by atoms with Crippen molar-refractivity contribution in [2.24, 2.45) is 0 Å². The largest absolute Gasteiger partial charge is 0.363 e. The van der Waals surface area contributed by atoms with Crippen molar-refractivity contribution in [1.29, 1.82) is 0 Å². The van der Waals surface area contributed by atoms with Gasteiger partial charge in [-0.1, -0.05) is 13.5 Å². The number of alkyl halides is 2. The molecule has 0 atom stereocenters. The second-order valence-electron chi connectivity index (χ2n) is 2.63. The van der Waals surface area contributed by atoms with Gasteiger partial charge in [-0.05, 0) is 6.42 Å². The van der Waals surface area contributed by atoms with Gasteiger partial charge in [-0.2, -0.15) is 0 Å². The molecule has 10 heavy (non-hydrogen) atoms. The number of allylic oxidation sites excluding steroid dienone is 1. The van der Waals surface area contributed by atoms with Crippen LogP contribution < -0.4 is 0 Å². The van der Waals surface area contributed by atoms with E-state index in [1.54, 1.807) is 4.90 Å². The lowest BCUT2D eigenvalue weighted by Gasteiger charge is -2.41. The minimum atomic E-state index is -2.46. The number of hydrogen-bond donors (Lipinski definition) is 0. The predicted molar refractivity (Wildman–Crippen MR) is 36.0 cm³/mol. The summed E-state index contributed by atoms with van der Waals surface area (Å²) < 4.78 is 24.4. The van der Waals surface area contributed by atoms with E-state index in [1.807, 2.05) is 6.92 Å². The molecule has 0 amide bonds. The first-order valence-electron chi connectivity index (χ1n) is 3.36. The van der Waals surface area contributed by atoms with Crippen LogP contribution in [-0.2, 0) is 0 Å². The normalized spacial score (nSPS) is 22.1. The predicted octanol–water partition coefficient (Wildman–Crippen LogP) is 1.86. The van der Waals surface area contributed by atoms with Gasteiger partial charge >= 0.3 is 0 Å². The molecule has 0 N–H and O–H groups in total. The molecule has 0 aromatic rings. The van der Waals surface area contributed by atoms with Crippen LogP contribution in [0.5, 0.6) is 0 Å². The van der Waals surface area contributed by atoms with Gasteiger partial charge in [0.1, 0.15) is 0 Å². The fourth-order valence-corrected chi connectivity index (χ4v) is 0.959. The summed E-state index contributed by atoms with van der Waals surface area (Å²) in [5.41, 5.74) is 0.811. The second-order valence-corrected chi connectivity index (χ2v) is 2.63. The molecule has 1 rings (SSSR count). The third kappa shape index (κ3) is 1.28. The van der Waals surface area contributed by atoms with Gasteiger partial charge in [0.2, 0.25) is 0 Å². The van der Waals surface area contributed by atoms with Gasteiger partial charge in [0.05, 0.1) is 13.1 Å². The van der Waals surface area contributed by atoms with Crippen LogP contribution in [0.3, 0.4) is 0 Å².